The minimum absolute atomic E-state index is 0.159. The lowest BCUT2D eigenvalue weighted by atomic mass is 9.60. The molecule has 0 saturated heterocycles. The SMILES string of the molecule is CCC(C1=CC1O)C1CC(C)C1C. The van der Waals surface area contributed by atoms with Crippen LogP contribution in [0.4, 0.5) is 0 Å². The minimum atomic E-state index is -0.159. The molecule has 0 radical (unpaired) electrons. The summed E-state index contributed by atoms with van der Waals surface area (Å²) in [6.07, 6.45) is 4.42. The lowest BCUT2D eigenvalue weighted by Crippen LogP contribution is -2.38. The van der Waals surface area contributed by atoms with Crippen LogP contribution in [0.2, 0.25) is 0 Å². The van der Waals surface area contributed by atoms with Crippen LogP contribution in [0, 0.1) is 23.7 Å². The van der Waals surface area contributed by atoms with Gasteiger partial charge >= 0.3 is 0 Å². The van der Waals surface area contributed by atoms with Gasteiger partial charge in [-0.3, -0.25) is 0 Å². The maximum Gasteiger partial charge on any atom is 0.0939 e. The Morgan fingerprint density at radius 2 is 2.15 bits per heavy atom. The van der Waals surface area contributed by atoms with Gasteiger partial charge in [0, 0.05) is 0 Å². The van der Waals surface area contributed by atoms with Gasteiger partial charge in [-0.05, 0) is 48.2 Å². The smallest absolute Gasteiger partial charge is 0.0939 e. The number of rotatable bonds is 3. The molecule has 0 aromatic carbocycles. The molecule has 1 fully saturated rings. The van der Waals surface area contributed by atoms with Crippen LogP contribution in [0.5, 0.6) is 0 Å². The summed E-state index contributed by atoms with van der Waals surface area (Å²) in [4.78, 5) is 0. The lowest BCUT2D eigenvalue weighted by molar-refractivity contribution is 0.0582. The fourth-order valence-electron chi connectivity index (χ4n) is 2.88. The Balaban J connectivity index is 1.95. The first-order valence-electron chi connectivity index (χ1n) is 5.54. The van der Waals surface area contributed by atoms with Crippen molar-refractivity contribution in [1.82, 2.24) is 0 Å². The molecule has 5 unspecified atom stereocenters. The number of hydrogen-bond donors (Lipinski definition) is 1. The van der Waals surface area contributed by atoms with Crippen LogP contribution in [0.3, 0.4) is 0 Å². The molecule has 2 rings (SSSR count). The molecular formula is C12H20O. The van der Waals surface area contributed by atoms with Crippen molar-refractivity contribution in [1.29, 1.82) is 0 Å². The van der Waals surface area contributed by atoms with Crippen molar-refractivity contribution in [2.75, 3.05) is 0 Å². The van der Waals surface area contributed by atoms with Crippen LogP contribution in [0.1, 0.15) is 33.6 Å². The highest BCUT2D eigenvalue weighted by Gasteiger charge is 2.43. The lowest BCUT2D eigenvalue weighted by Gasteiger charge is -2.45. The Labute approximate surface area is 80.8 Å². The van der Waals surface area contributed by atoms with Crippen molar-refractivity contribution < 1.29 is 5.11 Å². The molecule has 2 aliphatic rings. The summed E-state index contributed by atoms with van der Waals surface area (Å²) in [5.74, 6) is 3.29. The topological polar surface area (TPSA) is 20.2 Å². The maximum atomic E-state index is 9.36. The van der Waals surface area contributed by atoms with E-state index in [1.165, 1.54) is 18.4 Å². The normalized spacial score (nSPS) is 45.1. The Morgan fingerprint density at radius 3 is 2.46 bits per heavy atom. The van der Waals surface area contributed by atoms with E-state index < -0.39 is 0 Å². The summed E-state index contributed by atoms with van der Waals surface area (Å²) >= 11 is 0. The quantitative estimate of drug-likeness (QED) is 0.662. The molecule has 0 bridgehead atoms. The van der Waals surface area contributed by atoms with Crippen molar-refractivity contribution in [3.63, 3.8) is 0 Å². The van der Waals surface area contributed by atoms with E-state index in [2.05, 4.69) is 20.8 Å². The Hall–Kier alpha value is -0.300. The second kappa shape index (κ2) is 3.13. The van der Waals surface area contributed by atoms with Crippen molar-refractivity contribution in [2.24, 2.45) is 23.7 Å². The standard InChI is InChI=1S/C12H20O/c1-4-9(11-6-12(11)13)10-5-7(2)8(10)3/h6-10,12-13H,4-5H2,1-3H3. The van der Waals surface area contributed by atoms with Gasteiger partial charge in [-0.1, -0.05) is 20.8 Å². The molecule has 1 N–H and O–H groups in total. The Morgan fingerprint density at radius 1 is 1.54 bits per heavy atom. The zero-order valence-corrected chi connectivity index (χ0v) is 8.83. The summed E-state index contributed by atoms with van der Waals surface area (Å²) in [5.41, 5.74) is 1.33. The van der Waals surface area contributed by atoms with Crippen molar-refractivity contribution in [3.8, 4) is 0 Å². The molecule has 0 aliphatic heterocycles. The van der Waals surface area contributed by atoms with Crippen LogP contribution in [0.15, 0.2) is 11.6 Å². The van der Waals surface area contributed by atoms with E-state index in [4.69, 9.17) is 0 Å². The predicted octanol–water partition coefficient (Wildman–Crippen LogP) is 2.61. The van der Waals surface area contributed by atoms with E-state index in [1.54, 1.807) is 0 Å². The molecule has 2 aliphatic carbocycles. The van der Waals surface area contributed by atoms with Gasteiger partial charge in [-0.15, -0.1) is 0 Å². The molecule has 0 heterocycles. The number of aliphatic hydroxyl groups excluding tert-OH is 1. The van der Waals surface area contributed by atoms with Crippen LogP contribution < -0.4 is 0 Å². The maximum absolute atomic E-state index is 9.36. The zero-order chi connectivity index (χ0) is 9.59. The number of aliphatic hydroxyl groups is 1. The van der Waals surface area contributed by atoms with Crippen LogP contribution in [0.25, 0.3) is 0 Å². The first kappa shape index (κ1) is 9.26. The molecule has 1 saturated carbocycles. The molecule has 1 heteroatoms. The average Bonchev–Trinajstić information content (AvgIpc) is 2.82. The fraction of sp³-hybridized carbons (Fsp3) is 0.833. The van der Waals surface area contributed by atoms with Gasteiger partial charge in [0.25, 0.3) is 0 Å². The van der Waals surface area contributed by atoms with Crippen LogP contribution in [-0.4, -0.2) is 11.2 Å². The van der Waals surface area contributed by atoms with E-state index in [9.17, 15) is 5.11 Å². The molecule has 5 atom stereocenters. The molecule has 74 valence electrons. The third-order valence-electron chi connectivity index (χ3n) is 4.18. The molecule has 0 aromatic heterocycles. The molecule has 0 spiro atoms. The molecule has 0 aromatic rings. The van der Waals surface area contributed by atoms with Gasteiger partial charge in [0.15, 0.2) is 0 Å². The summed E-state index contributed by atoms with van der Waals surface area (Å²) in [5, 5.41) is 9.36. The summed E-state index contributed by atoms with van der Waals surface area (Å²) < 4.78 is 0. The molecule has 13 heavy (non-hydrogen) atoms. The van der Waals surface area contributed by atoms with Crippen LogP contribution >= 0.6 is 0 Å². The average molecular weight is 180 g/mol. The Bertz CT molecular complexity index is 231. The van der Waals surface area contributed by atoms with E-state index in [0.717, 1.165) is 17.8 Å². The second-order valence-corrected chi connectivity index (χ2v) is 4.86. The highest BCUT2D eigenvalue weighted by molar-refractivity contribution is 5.34. The molecule has 0 amide bonds. The number of hydrogen-bond acceptors (Lipinski definition) is 1. The van der Waals surface area contributed by atoms with Gasteiger partial charge in [0.1, 0.15) is 0 Å². The Kier molecular flexibility index (Phi) is 2.23. The van der Waals surface area contributed by atoms with Gasteiger partial charge in [0.05, 0.1) is 6.10 Å². The minimum Gasteiger partial charge on any atom is -0.385 e. The van der Waals surface area contributed by atoms with Gasteiger partial charge in [0.2, 0.25) is 0 Å². The largest absolute Gasteiger partial charge is 0.385 e. The van der Waals surface area contributed by atoms with Crippen molar-refractivity contribution in [2.45, 2.75) is 39.7 Å². The van der Waals surface area contributed by atoms with Crippen molar-refractivity contribution >= 4 is 0 Å². The predicted molar refractivity (Wildman–Crippen MR) is 54.3 cm³/mol. The molecular weight excluding hydrogens is 160 g/mol. The monoisotopic (exact) mass is 180 g/mol. The second-order valence-electron chi connectivity index (χ2n) is 4.86. The van der Waals surface area contributed by atoms with Crippen LogP contribution in [-0.2, 0) is 0 Å². The van der Waals surface area contributed by atoms with E-state index in [0.29, 0.717) is 5.92 Å². The third-order valence-corrected chi connectivity index (χ3v) is 4.18. The van der Waals surface area contributed by atoms with Gasteiger partial charge in [-0.2, -0.15) is 0 Å². The fourth-order valence-corrected chi connectivity index (χ4v) is 2.88. The van der Waals surface area contributed by atoms with Gasteiger partial charge in [-0.25, -0.2) is 0 Å². The van der Waals surface area contributed by atoms with E-state index in [-0.39, 0.29) is 6.10 Å². The first-order valence-corrected chi connectivity index (χ1v) is 5.54. The third kappa shape index (κ3) is 1.43. The molecule has 1 nitrogen and oxygen atoms in total. The highest BCUT2D eigenvalue weighted by Crippen LogP contribution is 2.50. The van der Waals surface area contributed by atoms with E-state index >= 15 is 0 Å². The summed E-state index contributed by atoms with van der Waals surface area (Å²) in [6.45, 7) is 6.94. The summed E-state index contributed by atoms with van der Waals surface area (Å²) in [7, 11) is 0. The van der Waals surface area contributed by atoms with Crippen molar-refractivity contribution in [3.05, 3.63) is 11.6 Å². The first-order chi connectivity index (χ1) is 6.15. The summed E-state index contributed by atoms with van der Waals surface area (Å²) in [6, 6.07) is 0. The van der Waals surface area contributed by atoms with Gasteiger partial charge < -0.3 is 5.11 Å². The highest BCUT2D eigenvalue weighted by atomic mass is 16.3. The zero-order valence-electron chi connectivity index (χ0n) is 8.83. The van der Waals surface area contributed by atoms with E-state index in [1.807, 2.05) is 6.08 Å².